The maximum atomic E-state index is 12.5. The quantitative estimate of drug-likeness (QED) is 0.436. The molecule has 1 fully saturated rings. The van der Waals surface area contributed by atoms with Gasteiger partial charge < -0.3 is 16.0 Å². The normalized spacial score (nSPS) is 15.2. The summed E-state index contributed by atoms with van der Waals surface area (Å²) in [5.41, 5.74) is 8.74. The average Bonchev–Trinajstić information content (AvgIpc) is 3.59. The van der Waals surface area contributed by atoms with E-state index in [4.69, 9.17) is 10.8 Å². The number of nitrogen functional groups attached to an aromatic ring is 1. The molecule has 11 heteroatoms. The highest BCUT2D eigenvalue weighted by Crippen LogP contribution is 2.34. The van der Waals surface area contributed by atoms with E-state index in [9.17, 15) is 9.59 Å². The highest BCUT2D eigenvalue weighted by atomic mass is 32.1. The van der Waals surface area contributed by atoms with Gasteiger partial charge in [-0.1, -0.05) is 18.1 Å². The van der Waals surface area contributed by atoms with Crippen LogP contribution < -0.4 is 11.1 Å². The maximum Gasteiger partial charge on any atom is 0.298 e. The number of fused-ring (bicyclic) bond motifs is 1. The Morgan fingerprint density at radius 2 is 2.03 bits per heavy atom. The van der Waals surface area contributed by atoms with E-state index in [2.05, 4.69) is 31.5 Å². The van der Waals surface area contributed by atoms with Gasteiger partial charge in [-0.25, -0.2) is 14.6 Å². The molecule has 1 aliphatic rings. The molecule has 10 nitrogen and oxygen atoms in total. The lowest BCUT2D eigenvalue weighted by Gasteiger charge is -2.14. The van der Waals surface area contributed by atoms with Gasteiger partial charge in [-0.3, -0.25) is 9.59 Å². The molecule has 3 aromatic heterocycles. The van der Waals surface area contributed by atoms with E-state index in [0.717, 1.165) is 12.0 Å². The first kappa shape index (κ1) is 21.5. The molecule has 1 atom stereocenters. The van der Waals surface area contributed by atoms with Gasteiger partial charge in [0.15, 0.2) is 5.65 Å². The Morgan fingerprint density at radius 3 is 2.76 bits per heavy atom. The summed E-state index contributed by atoms with van der Waals surface area (Å²) >= 11 is 1.21. The van der Waals surface area contributed by atoms with Crippen LogP contribution in [0.3, 0.4) is 0 Å². The first-order valence-corrected chi connectivity index (χ1v) is 11.4. The van der Waals surface area contributed by atoms with Crippen molar-refractivity contribution in [2.75, 3.05) is 24.1 Å². The minimum atomic E-state index is -0.222. The molecule has 4 heterocycles. The van der Waals surface area contributed by atoms with Crippen LogP contribution in [0, 0.1) is 11.8 Å². The summed E-state index contributed by atoms with van der Waals surface area (Å²) in [6.07, 6.45) is 3.77. The van der Waals surface area contributed by atoms with E-state index in [0.29, 0.717) is 46.2 Å². The zero-order valence-electron chi connectivity index (χ0n) is 18.2. The molecule has 2 amide bonds. The molecule has 4 aromatic rings. The van der Waals surface area contributed by atoms with E-state index < -0.39 is 0 Å². The van der Waals surface area contributed by atoms with Crippen LogP contribution in [0.5, 0.6) is 0 Å². The molecule has 170 valence electrons. The molecule has 0 spiro atoms. The van der Waals surface area contributed by atoms with Crippen LogP contribution in [0.1, 0.15) is 29.7 Å². The van der Waals surface area contributed by atoms with Crippen molar-refractivity contribution in [3.8, 4) is 23.1 Å². The molecule has 0 saturated carbocycles. The predicted molar refractivity (Wildman–Crippen MR) is 129 cm³/mol. The predicted octanol–water partition coefficient (Wildman–Crippen LogP) is 2.58. The summed E-state index contributed by atoms with van der Waals surface area (Å²) in [7, 11) is 0. The molecule has 1 saturated heterocycles. The zero-order chi connectivity index (χ0) is 23.7. The number of nitrogens with two attached hydrogens (primary N) is 1. The van der Waals surface area contributed by atoms with Crippen molar-refractivity contribution in [1.82, 2.24) is 29.0 Å². The fourth-order valence-electron chi connectivity index (χ4n) is 4.01. The number of hydrogen-bond acceptors (Lipinski definition) is 8. The van der Waals surface area contributed by atoms with Gasteiger partial charge in [-0.05, 0) is 49.0 Å². The number of benzene rings is 1. The van der Waals surface area contributed by atoms with Gasteiger partial charge in [0, 0.05) is 30.4 Å². The number of anilines is 2. The van der Waals surface area contributed by atoms with Crippen LogP contribution >= 0.6 is 11.5 Å². The lowest BCUT2D eigenvalue weighted by atomic mass is 10.1. The molecule has 0 radical (unpaired) electrons. The minimum Gasteiger partial charge on any atom is -0.383 e. The molecule has 3 N–H and O–H groups in total. The molecule has 1 aliphatic heterocycles. The van der Waals surface area contributed by atoms with Gasteiger partial charge in [-0.15, -0.1) is 0 Å². The first-order valence-electron chi connectivity index (χ1n) is 10.6. The summed E-state index contributed by atoms with van der Waals surface area (Å²) in [6, 6.07) is 8.79. The molecule has 1 unspecified atom stereocenters. The van der Waals surface area contributed by atoms with Gasteiger partial charge >= 0.3 is 0 Å². The minimum absolute atomic E-state index is 0.0578. The third-order valence-electron chi connectivity index (χ3n) is 5.64. The fraction of sp³-hybridized carbons (Fsp3) is 0.217. The van der Waals surface area contributed by atoms with Crippen LogP contribution in [0.15, 0.2) is 42.9 Å². The SMILES string of the molecule is CC#CC(=O)N1CCC(n2nc(-c3ccc(C(=O)Nc4ccns4)cc3)c3c(N)ncnc32)C1. The van der Waals surface area contributed by atoms with Crippen molar-refractivity contribution in [1.29, 1.82) is 0 Å². The third-order valence-corrected chi connectivity index (χ3v) is 6.30. The van der Waals surface area contributed by atoms with Crippen molar-refractivity contribution < 1.29 is 9.59 Å². The van der Waals surface area contributed by atoms with Gasteiger partial charge in [0.25, 0.3) is 11.8 Å². The summed E-state index contributed by atoms with van der Waals surface area (Å²) in [4.78, 5) is 35.0. The molecular weight excluding hydrogens is 452 g/mol. The standard InChI is InChI=1S/C23H20N8O2S/c1-2-3-18(32)30-11-9-16(12-30)31-22-19(21(24)25-13-26-22)20(29-31)14-4-6-15(7-5-14)23(33)28-17-8-10-27-34-17/h4-8,10,13,16H,9,11-12H2,1H3,(H,28,33)(H2,24,25,26). The van der Waals surface area contributed by atoms with Crippen molar-refractivity contribution in [3.05, 3.63) is 48.4 Å². The monoisotopic (exact) mass is 472 g/mol. The van der Waals surface area contributed by atoms with Gasteiger partial charge in [0.2, 0.25) is 0 Å². The Bertz CT molecular complexity index is 1430. The highest BCUT2D eigenvalue weighted by Gasteiger charge is 2.30. The van der Waals surface area contributed by atoms with E-state index in [1.54, 1.807) is 36.2 Å². The van der Waals surface area contributed by atoms with Crippen LogP contribution in [-0.4, -0.2) is 53.9 Å². The second-order valence-corrected chi connectivity index (χ2v) is 8.56. The second kappa shape index (κ2) is 8.92. The van der Waals surface area contributed by atoms with Crippen molar-refractivity contribution in [2.45, 2.75) is 19.4 Å². The van der Waals surface area contributed by atoms with Gasteiger partial charge in [0.05, 0.1) is 11.4 Å². The summed E-state index contributed by atoms with van der Waals surface area (Å²) in [5.74, 6) is 5.15. The Balaban J connectivity index is 1.47. The number of nitrogens with one attached hydrogen (secondary N) is 1. The number of likely N-dealkylation sites (tertiary alicyclic amines) is 1. The highest BCUT2D eigenvalue weighted by molar-refractivity contribution is 7.10. The van der Waals surface area contributed by atoms with Crippen LogP contribution in [0.2, 0.25) is 0 Å². The first-order chi connectivity index (χ1) is 16.5. The van der Waals surface area contributed by atoms with E-state index in [-0.39, 0.29) is 17.9 Å². The molecular formula is C23H20N8O2S. The number of aromatic nitrogens is 5. The van der Waals surface area contributed by atoms with Crippen LogP contribution in [-0.2, 0) is 4.79 Å². The van der Waals surface area contributed by atoms with Crippen LogP contribution in [0.4, 0.5) is 10.8 Å². The second-order valence-electron chi connectivity index (χ2n) is 7.73. The molecule has 5 rings (SSSR count). The van der Waals surface area contributed by atoms with Crippen molar-refractivity contribution in [3.63, 3.8) is 0 Å². The van der Waals surface area contributed by atoms with Gasteiger partial charge in [0.1, 0.15) is 22.8 Å². The van der Waals surface area contributed by atoms with E-state index in [1.807, 2.05) is 16.8 Å². The number of hydrogen-bond donors (Lipinski definition) is 2. The zero-order valence-corrected chi connectivity index (χ0v) is 19.0. The van der Waals surface area contributed by atoms with Crippen molar-refractivity contribution in [2.24, 2.45) is 0 Å². The number of rotatable bonds is 4. The molecule has 0 aliphatic carbocycles. The van der Waals surface area contributed by atoms with Gasteiger partial charge in [-0.2, -0.15) is 9.47 Å². The molecule has 0 bridgehead atoms. The Kier molecular flexibility index (Phi) is 5.65. The number of carbonyl (C=O) groups is 2. The largest absolute Gasteiger partial charge is 0.383 e. The fourth-order valence-corrected chi connectivity index (χ4v) is 4.50. The Hall–Kier alpha value is -4.30. The Morgan fingerprint density at radius 1 is 1.21 bits per heavy atom. The van der Waals surface area contributed by atoms with E-state index in [1.165, 1.54) is 17.9 Å². The maximum absolute atomic E-state index is 12.5. The lowest BCUT2D eigenvalue weighted by Crippen LogP contribution is -2.28. The lowest BCUT2D eigenvalue weighted by molar-refractivity contribution is -0.124. The molecule has 1 aromatic carbocycles. The average molecular weight is 473 g/mol. The van der Waals surface area contributed by atoms with Crippen LogP contribution in [0.25, 0.3) is 22.3 Å². The van der Waals surface area contributed by atoms with Crippen molar-refractivity contribution >= 4 is 45.2 Å². The molecule has 34 heavy (non-hydrogen) atoms. The number of nitrogens with zero attached hydrogens (tertiary/aromatic N) is 6. The number of amides is 2. The Labute approximate surface area is 199 Å². The smallest absolute Gasteiger partial charge is 0.298 e. The van der Waals surface area contributed by atoms with E-state index >= 15 is 0 Å². The topological polar surface area (TPSA) is 132 Å². The summed E-state index contributed by atoms with van der Waals surface area (Å²) in [5, 5.41) is 8.97. The third kappa shape index (κ3) is 3.95. The summed E-state index contributed by atoms with van der Waals surface area (Å²) < 4.78 is 5.80. The summed E-state index contributed by atoms with van der Waals surface area (Å²) in [6.45, 7) is 2.73. The number of carbonyl (C=O) groups excluding carboxylic acids is 2.